The molecule has 48 heavy (non-hydrogen) atoms. The van der Waals surface area contributed by atoms with Crippen LogP contribution in [0.4, 0.5) is 0 Å². The van der Waals surface area contributed by atoms with Gasteiger partial charge in [0.2, 0.25) is 0 Å². The van der Waals surface area contributed by atoms with E-state index in [-0.39, 0.29) is 12.1 Å². The van der Waals surface area contributed by atoms with Crippen molar-refractivity contribution in [3.05, 3.63) is 48.6 Å². The maximum absolute atomic E-state index is 12.6. The highest BCUT2D eigenvalue weighted by molar-refractivity contribution is 5.69. The second kappa shape index (κ2) is 39.3. The van der Waals surface area contributed by atoms with E-state index >= 15 is 0 Å². The summed E-state index contributed by atoms with van der Waals surface area (Å²) in [4.78, 5) is 23.1. The maximum Gasteiger partial charge on any atom is 0.306 e. The molecule has 0 saturated heterocycles. The molecule has 0 aliphatic heterocycles. The van der Waals surface area contributed by atoms with Gasteiger partial charge in [0.1, 0.15) is 6.10 Å². The van der Waals surface area contributed by atoms with Crippen LogP contribution in [0.3, 0.4) is 0 Å². The number of aliphatic carboxylic acids is 1. The minimum absolute atomic E-state index is 0.00878. The van der Waals surface area contributed by atoms with Crippen LogP contribution in [0.1, 0.15) is 213 Å². The molecule has 0 spiro atoms. The summed E-state index contributed by atoms with van der Waals surface area (Å²) in [5.41, 5.74) is 0. The smallest absolute Gasteiger partial charge is 0.306 e. The van der Waals surface area contributed by atoms with Crippen molar-refractivity contribution in [2.45, 2.75) is 219 Å². The van der Waals surface area contributed by atoms with Crippen LogP contribution in [0.25, 0.3) is 0 Å². The standard InChI is InChI=1S/C44H78O4/c1-3-5-7-8-9-10-11-12-13-14-15-16-17-21-24-27-30-33-37-41-44(47)48-42(38-34-6-4-2)39-35-31-28-25-22-19-18-20-23-26-29-32-36-40-43(45)46/h9-10,12-13,15-16,21,24,42H,3-8,11,14,17-20,22-23,25-41H2,1-2H3,(H,45,46)/b10-9-,13-12-,16-15-,24-21-. The Balaban J connectivity index is 3.80. The largest absolute Gasteiger partial charge is 0.481 e. The van der Waals surface area contributed by atoms with E-state index in [2.05, 4.69) is 62.5 Å². The van der Waals surface area contributed by atoms with Crippen LogP contribution in [0.2, 0.25) is 0 Å². The molecular formula is C44H78O4. The molecule has 0 aliphatic carbocycles. The van der Waals surface area contributed by atoms with Crippen molar-refractivity contribution < 1.29 is 19.4 Å². The number of hydrogen-bond acceptors (Lipinski definition) is 3. The number of allylic oxidation sites excluding steroid dienone is 8. The van der Waals surface area contributed by atoms with Crippen LogP contribution in [0, 0.1) is 0 Å². The average Bonchev–Trinajstić information content (AvgIpc) is 3.07. The predicted molar refractivity (Wildman–Crippen MR) is 209 cm³/mol. The molecule has 0 aliphatic rings. The second-order valence-electron chi connectivity index (χ2n) is 13.8. The van der Waals surface area contributed by atoms with Gasteiger partial charge < -0.3 is 9.84 Å². The number of carboxylic acids is 1. The van der Waals surface area contributed by atoms with Crippen molar-refractivity contribution in [3.8, 4) is 0 Å². The Morgan fingerprint density at radius 3 is 1.29 bits per heavy atom. The Morgan fingerprint density at radius 1 is 0.458 bits per heavy atom. The number of carbonyl (C=O) groups is 2. The van der Waals surface area contributed by atoms with Gasteiger partial charge in [-0.2, -0.15) is 0 Å². The van der Waals surface area contributed by atoms with Crippen molar-refractivity contribution >= 4 is 11.9 Å². The topological polar surface area (TPSA) is 63.6 Å². The first kappa shape index (κ1) is 45.9. The van der Waals surface area contributed by atoms with Crippen molar-refractivity contribution in [3.63, 3.8) is 0 Å². The molecule has 0 rings (SSSR count). The minimum atomic E-state index is -0.670. The molecule has 0 radical (unpaired) electrons. The summed E-state index contributed by atoms with van der Waals surface area (Å²) in [5.74, 6) is -0.661. The van der Waals surface area contributed by atoms with Crippen LogP contribution in [0.5, 0.6) is 0 Å². The van der Waals surface area contributed by atoms with Crippen LogP contribution in [-0.2, 0) is 14.3 Å². The van der Waals surface area contributed by atoms with E-state index < -0.39 is 5.97 Å². The molecule has 0 aromatic carbocycles. The Morgan fingerprint density at radius 2 is 0.812 bits per heavy atom. The number of rotatable bonds is 37. The lowest BCUT2D eigenvalue weighted by molar-refractivity contribution is -0.150. The molecule has 0 fully saturated rings. The SMILES string of the molecule is CCCCC/C=C\C/C=C\C/C=C\C/C=C\CCCCCC(=O)OC(CCCCC)CCCCCCCCCCCCCCCC(=O)O. The van der Waals surface area contributed by atoms with E-state index in [0.717, 1.165) is 77.0 Å². The summed E-state index contributed by atoms with van der Waals surface area (Å²) in [7, 11) is 0. The van der Waals surface area contributed by atoms with Gasteiger partial charge in [-0.3, -0.25) is 9.59 Å². The van der Waals surface area contributed by atoms with Gasteiger partial charge in [0.05, 0.1) is 0 Å². The zero-order valence-electron chi connectivity index (χ0n) is 31.8. The van der Waals surface area contributed by atoms with E-state index in [1.807, 2.05) is 0 Å². The lowest BCUT2D eigenvalue weighted by atomic mass is 10.0. The van der Waals surface area contributed by atoms with Crippen LogP contribution >= 0.6 is 0 Å². The lowest BCUT2D eigenvalue weighted by Crippen LogP contribution is -2.18. The molecule has 0 heterocycles. The molecule has 1 unspecified atom stereocenters. The molecule has 0 saturated carbocycles. The van der Waals surface area contributed by atoms with Gasteiger partial charge in [0.15, 0.2) is 0 Å². The van der Waals surface area contributed by atoms with E-state index in [0.29, 0.717) is 12.8 Å². The molecular weight excluding hydrogens is 592 g/mol. The number of carbonyl (C=O) groups excluding carboxylic acids is 1. The molecule has 1 N–H and O–H groups in total. The first-order valence-electron chi connectivity index (χ1n) is 20.6. The Labute approximate surface area is 298 Å². The third-order valence-electron chi connectivity index (χ3n) is 9.05. The fourth-order valence-corrected chi connectivity index (χ4v) is 5.99. The molecule has 4 nitrogen and oxygen atoms in total. The summed E-state index contributed by atoms with van der Waals surface area (Å²) in [6, 6.07) is 0. The highest BCUT2D eigenvalue weighted by atomic mass is 16.5. The third kappa shape index (κ3) is 38.3. The van der Waals surface area contributed by atoms with E-state index in [1.165, 1.54) is 109 Å². The highest BCUT2D eigenvalue weighted by Gasteiger charge is 2.14. The van der Waals surface area contributed by atoms with Gasteiger partial charge >= 0.3 is 11.9 Å². The molecule has 278 valence electrons. The van der Waals surface area contributed by atoms with Gasteiger partial charge in [0.25, 0.3) is 0 Å². The minimum Gasteiger partial charge on any atom is -0.481 e. The lowest BCUT2D eigenvalue weighted by Gasteiger charge is -2.18. The van der Waals surface area contributed by atoms with Gasteiger partial charge in [-0.05, 0) is 83.5 Å². The van der Waals surface area contributed by atoms with Gasteiger partial charge in [0, 0.05) is 12.8 Å². The fourth-order valence-electron chi connectivity index (χ4n) is 5.99. The van der Waals surface area contributed by atoms with Crippen molar-refractivity contribution in [2.24, 2.45) is 0 Å². The first-order chi connectivity index (χ1) is 23.6. The second-order valence-corrected chi connectivity index (χ2v) is 13.8. The molecule has 0 amide bonds. The third-order valence-corrected chi connectivity index (χ3v) is 9.05. The average molecular weight is 671 g/mol. The predicted octanol–water partition coefficient (Wildman–Crippen LogP) is 14.3. The Kier molecular flexibility index (Phi) is 37.6. The first-order valence-corrected chi connectivity index (χ1v) is 20.6. The Hall–Kier alpha value is -2.10. The molecule has 0 aromatic heterocycles. The van der Waals surface area contributed by atoms with Crippen molar-refractivity contribution in [1.29, 1.82) is 0 Å². The number of esters is 1. The maximum atomic E-state index is 12.6. The van der Waals surface area contributed by atoms with Gasteiger partial charge in [-0.1, -0.05) is 165 Å². The number of unbranched alkanes of at least 4 members (excludes halogenated alkanes) is 20. The normalized spacial score (nSPS) is 12.7. The van der Waals surface area contributed by atoms with Crippen LogP contribution in [-0.4, -0.2) is 23.1 Å². The summed E-state index contributed by atoms with van der Waals surface area (Å²) < 4.78 is 5.96. The summed E-state index contributed by atoms with van der Waals surface area (Å²) >= 11 is 0. The van der Waals surface area contributed by atoms with Crippen LogP contribution in [0.15, 0.2) is 48.6 Å². The van der Waals surface area contributed by atoms with Crippen LogP contribution < -0.4 is 0 Å². The number of carboxylic acid groups (broad SMARTS) is 1. The van der Waals surface area contributed by atoms with Gasteiger partial charge in [-0.15, -0.1) is 0 Å². The van der Waals surface area contributed by atoms with E-state index in [4.69, 9.17) is 9.84 Å². The van der Waals surface area contributed by atoms with Crippen molar-refractivity contribution in [2.75, 3.05) is 0 Å². The highest BCUT2D eigenvalue weighted by Crippen LogP contribution is 2.18. The zero-order chi connectivity index (χ0) is 35.0. The Bertz CT molecular complexity index is 809. The summed E-state index contributed by atoms with van der Waals surface area (Å²) in [6.07, 6.45) is 53.1. The number of hydrogen-bond donors (Lipinski definition) is 1. The monoisotopic (exact) mass is 671 g/mol. The zero-order valence-corrected chi connectivity index (χ0v) is 31.8. The fraction of sp³-hybridized carbons (Fsp3) is 0.773. The molecule has 4 heteroatoms. The molecule has 0 aromatic rings. The van der Waals surface area contributed by atoms with E-state index in [1.54, 1.807) is 0 Å². The number of ether oxygens (including phenoxy) is 1. The summed E-state index contributed by atoms with van der Waals surface area (Å²) in [6.45, 7) is 4.48. The molecule has 0 bridgehead atoms. The summed E-state index contributed by atoms with van der Waals surface area (Å²) in [5, 5.41) is 8.68. The molecule has 1 atom stereocenters. The quantitative estimate of drug-likeness (QED) is 0.0406. The van der Waals surface area contributed by atoms with E-state index in [9.17, 15) is 9.59 Å². The van der Waals surface area contributed by atoms with Crippen molar-refractivity contribution in [1.82, 2.24) is 0 Å². The van der Waals surface area contributed by atoms with Gasteiger partial charge in [-0.25, -0.2) is 0 Å².